The van der Waals surface area contributed by atoms with Crippen LogP contribution in [0.3, 0.4) is 0 Å². The Bertz CT molecular complexity index is 1310. The van der Waals surface area contributed by atoms with Crippen LogP contribution in [0.5, 0.6) is 5.75 Å². The molecule has 1 unspecified atom stereocenters. The minimum absolute atomic E-state index is 0.0123. The highest BCUT2D eigenvalue weighted by atomic mass is 16.5. The number of ketones is 1. The van der Waals surface area contributed by atoms with E-state index in [9.17, 15) is 19.5 Å². The molecular formula is C28H25NO6. The second-order valence-electron chi connectivity index (χ2n) is 8.26. The number of carbonyl (C=O) groups excluding carboxylic acids is 3. The summed E-state index contributed by atoms with van der Waals surface area (Å²) in [5.74, 6) is -1.62. The number of hydrogen-bond donors (Lipinski definition) is 1. The first-order valence-electron chi connectivity index (χ1n) is 11.0. The fraction of sp³-hybridized carbons (Fsp3) is 0.179. The highest BCUT2D eigenvalue weighted by Gasteiger charge is 2.46. The summed E-state index contributed by atoms with van der Waals surface area (Å²) in [6.07, 6.45) is 0. The van der Waals surface area contributed by atoms with Crippen molar-refractivity contribution in [2.75, 3.05) is 14.2 Å². The molecule has 7 heteroatoms. The normalized spacial score (nSPS) is 16.9. The van der Waals surface area contributed by atoms with E-state index in [2.05, 4.69) is 0 Å². The van der Waals surface area contributed by atoms with Crippen molar-refractivity contribution in [1.82, 2.24) is 4.90 Å². The van der Waals surface area contributed by atoms with Crippen molar-refractivity contribution in [3.63, 3.8) is 0 Å². The summed E-state index contributed by atoms with van der Waals surface area (Å²) in [5, 5.41) is 11.2. The van der Waals surface area contributed by atoms with Crippen LogP contribution in [0.2, 0.25) is 0 Å². The van der Waals surface area contributed by atoms with Crippen molar-refractivity contribution in [1.29, 1.82) is 0 Å². The highest BCUT2D eigenvalue weighted by molar-refractivity contribution is 6.46. The molecule has 1 heterocycles. The quantitative estimate of drug-likeness (QED) is 0.248. The molecule has 7 nitrogen and oxygen atoms in total. The van der Waals surface area contributed by atoms with Gasteiger partial charge in [-0.05, 0) is 42.3 Å². The standard InChI is InChI=1S/C28H25NO6/c1-17-7-11-19(12-8-17)25(30)23-24(21-5-4-6-22(15-21)34-2)29(27(32)26(23)31)16-18-9-13-20(14-10-18)28(33)35-3/h4-15,24,30H,16H2,1-3H3/b25-23+. The van der Waals surface area contributed by atoms with E-state index in [4.69, 9.17) is 9.47 Å². The Hall–Kier alpha value is -4.39. The van der Waals surface area contributed by atoms with E-state index >= 15 is 0 Å². The molecule has 0 radical (unpaired) electrons. The third-order valence-corrected chi connectivity index (χ3v) is 6.00. The van der Waals surface area contributed by atoms with Crippen LogP contribution in [0.1, 0.15) is 38.7 Å². The van der Waals surface area contributed by atoms with Gasteiger partial charge in [0.15, 0.2) is 0 Å². The van der Waals surface area contributed by atoms with Crippen molar-refractivity contribution in [2.45, 2.75) is 19.5 Å². The molecule has 1 amide bonds. The molecule has 1 saturated heterocycles. The minimum atomic E-state index is -0.827. The van der Waals surface area contributed by atoms with Crippen LogP contribution in [0, 0.1) is 6.92 Å². The van der Waals surface area contributed by atoms with Crippen molar-refractivity contribution in [3.8, 4) is 5.75 Å². The van der Waals surface area contributed by atoms with E-state index in [1.165, 1.54) is 19.1 Å². The van der Waals surface area contributed by atoms with Gasteiger partial charge in [0.25, 0.3) is 11.7 Å². The molecule has 3 aromatic carbocycles. The number of ether oxygens (including phenoxy) is 2. The maximum Gasteiger partial charge on any atom is 0.337 e. The molecule has 0 aliphatic carbocycles. The smallest absolute Gasteiger partial charge is 0.337 e. The Labute approximate surface area is 203 Å². The van der Waals surface area contributed by atoms with Gasteiger partial charge in [-0.25, -0.2) is 4.79 Å². The van der Waals surface area contributed by atoms with Crippen LogP contribution in [0.25, 0.3) is 5.76 Å². The second kappa shape index (κ2) is 9.85. The predicted octanol–water partition coefficient (Wildman–Crippen LogP) is 4.41. The Morgan fingerprint density at radius 1 is 0.943 bits per heavy atom. The Morgan fingerprint density at radius 3 is 2.23 bits per heavy atom. The van der Waals surface area contributed by atoms with Crippen LogP contribution in [0.15, 0.2) is 78.4 Å². The lowest BCUT2D eigenvalue weighted by Crippen LogP contribution is -2.29. The van der Waals surface area contributed by atoms with Gasteiger partial charge in [-0.15, -0.1) is 0 Å². The average Bonchev–Trinajstić information content (AvgIpc) is 3.13. The van der Waals surface area contributed by atoms with E-state index in [1.54, 1.807) is 60.7 Å². The van der Waals surface area contributed by atoms with Crippen LogP contribution in [0.4, 0.5) is 0 Å². The van der Waals surface area contributed by atoms with E-state index in [0.717, 1.165) is 5.56 Å². The van der Waals surface area contributed by atoms with Gasteiger partial charge >= 0.3 is 5.97 Å². The molecule has 1 atom stereocenters. The first-order chi connectivity index (χ1) is 16.8. The van der Waals surface area contributed by atoms with Crippen molar-refractivity contribution in [3.05, 3.63) is 106 Å². The predicted molar refractivity (Wildman–Crippen MR) is 130 cm³/mol. The number of Topliss-reactive ketones (excluding diaryl/α,β-unsaturated/α-hetero) is 1. The summed E-state index contributed by atoms with van der Waals surface area (Å²) in [7, 11) is 2.84. The molecule has 0 spiro atoms. The molecule has 0 aromatic heterocycles. The molecule has 0 bridgehead atoms. The molecule has 4 rings (SSSR count). The lowest BCUT2D eigenvalue weighted by Gasteiger charge is -2.26. The number of methoxy groups -OCH3 is 2. The number of likely N-dealkylation sites (tertiary alicyclic amines) is 1. The molecule has 1 aliphatic rings. The van der Waals surface area contributed by atoms with Gasteiger partial charge in [0.2, 0.25) is 0 Å². The van der Waals surface area contributed by atoms with Crippen molar-refractivity contribution >= 4 is 23.4 Å². The topological polar surface area (TPSA) is 93.1 Å². The third kappa shape index (κ3) is 4.66. The SMILES string of the molecule is COC(=O)c1ccc(CN2C(=O)C(=O)/C(=C(/O)c3ccc(C)cc3)C2c2cccc(OC)c2)cc1. The summed E-state index contributed by atoms with van der Waals surface area (Å²) < 4.78 is 10.1. The van der Waals surface area contributed by atoms with Gasteiger partial charge in [0.05, 0.1) is 31.4 Å². The number of amides is 1. The van der Waals surface area contributed by atoms with Crippen LogP contribution < -0.4 is 4.74 Å². The van der Waals surface area contributed by atoms with Gasteiger partial charge < -0.3 is 19.5 Å². The van der Waals surface area contributed by atoms with E-state index in [1.807, 2.05) is 19.1 Å². The summed E-state index contributed by atoms with van der Waals surface area (Å²) in [6.45, 7) is 2.02. The number of esters is 1. The van der Waals surface area contributed by atoms with Crippen LogP contribution >= 0.6 is 0 Å². The molecule has 0 saturated carbocycles. The van der Waals surface area contributed by atoms with Gasteiger partial charge in [0, 0.05) is 12.1 Å². The van der Waals surface area contributed by atoms with Gasteiger partial charge in [-0.3, -0.25) is 9.59 Å². The molecule has 178 valence electrons. The number of nitrogens with zero attached hydrogens (tertiary/aromatic N) is 1. The zero-order valence-corrected chi connectivity index (χ0v) is 19.6. The zero-order valence-electron chi connectivity index (χ0n) is 19.6. The Morgan fingerprint density at radius 2 is 1.60 bits per heavy atom. The number of aryl methyl sites for hydroxylation is 1. The molecule has 1 aliphatic heterocycles. The van der Waals surface area contributed by atoms with Crippen LogP contribution in [-0.2, 0) is 20.9 Å². The maximum atomic E-state index is 13.2. The third-order valence-electron chi connectivity index (χ3n) is 6.00. The van der Waals surface area contributed by atoms with Gasteiger partial charge in [-0.1, -0.05) is 54.1 Å². The minimum Gasteiger partial charge on any atom is -0.507 e. The number of carbonyl (C=O) groups is 3. The van der Waals surface area contributed by atoms with Crippen LogP contribution in [-0.4, -0.2) is 41.9 Å². The first kappa shape index (κ1) is 23.8. The Kier molecular flexibility index (Phi) is 6.68. The first-order valence-corrected chi connectivity index (χ1v) is 11.0. The Balaban J connectivity index is 1.81. The molecule has 35 heavy (non-hydrogen) atoms. The van der Waals surface area contributed by atoms with Gasteiger partial charge in [0.1, 0.15) is 11.5 Å². The summed E-state index contributed by atoms with van der Waals surface area (Å²) in [5.41, 5.74) is 3.18. The molecule has 1 fully saturated rings. The summed E-state index contributed by atoms with van der Waals surface area (Å²) in [4.78, 5) is 39.6. The lowest BCUT2D eigenvalue weighted by molar-refractivity contribution is -0.140. The summed E-state index contributed by atoms with van der Waals surface area (Å²) >= 11 is 0. The summed E-state index contributed by atoms with van der Waals surface area (Å²) in [6, 6.07) is 19.9. The number of hydrogen-bond acceptors (Lipinski definition) is 6. The fourth-order valence-electron chi connectivity index (χ4n) is 4.13. The van der Waals surface area contributed by atoms with Crippen molar-refractivity contribution < 1.29 is 29.0 Å². The van der Waals surface area contributed by atoms with Crippen molar-refractivity contribution in [2.24, 2.45) is 0 Å². The largest absolute Gasteiger partial charge is 0.507 e. The monoisotopic (exact) mass is 471 g/mol. The zero-order chi connectivity index (χ0) is 25.1. The number of aliphatic hydroxyl groups excluding tert-OH is 1. The second-order valence-corrected chi connectivity index (χ2v) is 8.26. The number of benzene rings is 3. The molecule has 3 aromatic rings. The lowest BCUT2D eigenvalue weighted by atomic mass is 9.94. The highest BCUT2D eigenvalue weighted by Crippen LogP contribution is 2.41. The van der Waals surface area contributed by atoms with E-state index in [0.29, 0.717) is 28.0 Å². The fourth-order valence-corrected chi connectivity index (χ4v) is 4.13. The van der Waals surface area contributed by atoms with E-state index in [-0.39, 0.29) is 17.9 Å². The maximum absolute atomic E-state index is 13.2. The van der Waals surface area contributed by atoms with E-state index < -0.39 is 23.7 Å². The molecular weight excluding hydrogens is 446 g/mol. The number of rotatable bonds is 6. The van der Waals surface area contributed by atoms with Gasteiger partial charge in [-0.2, -0.15) is 0 Å². The number of aliphatic hydroxyl groups is 1. The molecule has 1 N–H and O–H groups in total. The average molecular weight is 472 g/mol.